The van der Waals surface area contributed by atoms with Crippen molar-refractivity contribution in [1.82, 2.24) is 5.32 Å². The molecule has 4 nitrogen and oxygen atoms in total. The summed E-state index contributed by atoms with van der Waals surface area (Å²) in [6.07, 6.45) is 1.47. The fraction of sp³-hybridized carbons (Fsp3) is 0. The van der Waals surface area contributed by atoms with Gasteiger partial charge in [-0.05, 0) is 48.5 Å². The smallest absolute Gasteiger partial charge is 0.306 e. The molecule has 0 saturated heterocycles. The van der Waals surface area contributed by atoms with Gasteiger partial charge in [0.2, 0.25) is 0 Å². The summed E-state index contributed by atoms with van der Waals surface area (Å²) in [4.78, 5) is 12.7. The van der Waals surface area contributed by atoms with E-state index in [1.54, 1.807) is 48.5 Å². The fourth-order valence-electron chi connectivity index (χ4n) is 3.22. The summed E-state index contributed by atoms with van der Waals surface area (Å²) in [5.41, 5.74) is 1.19. The largest absolute Gasteiger partial charge is 0.435 e. The molecule has 0 atom stereocenters. The van der Waals surface area contributed by atoms with Gasteiger partial charge in [-0.25, -0.2) is 0 Å². The van der Waals surface area contributed by atoms with Crippen LogP contribution >= 0.6 is 23.3 Å². The Morgan fingerprint density at radius 2 is 1.18 bits per heavy atom. The van der Waals surface area contributed by atoms with Crippen LogP contribution in [0.1, 0.15) is 15.9 Å². The van der Waals surface area contributed by atoms with E-state index in [0.29, 0.717) is 27.5 Å². The van der Waals surface area contributed by atoms with Crippen molar-refractivity contribution < 1.29 is 13.9 Å². The van der Waals surface area contributed by atoms with E-state index < -0.39 is 7.37 Å². The molecule has 4 aromatic rings. The van der Waals surface area contributed by atoms with Crippen LogP contribution in [0.3, 0.4) is 0 Å². The first-order chi connectivity index (χ1) is 16.1. The summed E-state index contributed by atoms with van der Waals surface area (Å²) in [6, 6.07) is 34.5. The van der Waals surface area contributed by atoms with Crippen LogP contribution in [0.4, 0.5) is 0 Å². The first-order valence-electron chi connectivity index (χ1n) is 10.3. The SMILES string of the molecule is O=C(NC=C(OP(=O)(c1ccccc1)c1ccccc1)c1ccc(Br)cc1)c1ccccc1. The summed E-state index contributed by atoms with van der Waals surface area (Å²) in [5.74, 6) is 0.00545. The summed E-state index contributed by atoms with van der Waals surface area (Å²) in [6.45, 7) is 0. The Kier molecular flexibility index (Phi) is 7.23. The van der Waals surface area contributed by atoms with Crippen LogP contribution in [-0.4, -0.2) is 5.91 Å². The molecule has 0 saturated carbocycles. The third-order valence-corrected chi connectivity index (χ3v) is 7.86. The number of amides is 1. The summed E-state index contributed by atoms with van der Waals surface area (Å²) in [7, 11) is -3.52. The molecule has 0 aliphatic carbocycles. The van der Waals surface area contributed by atoms with E-state index in [4.69, 9.17) is 4.52 Å². The zero-order valence-corrected chi connectivity index (χ0v) is 20.1. The molecule has 0 spiro atoms. The lowest BCUT2D eigenvalue weighted by molar-refractivity contribution is 0.0969. The highest BCUT2D eigenvalue weighted by Crippen LogP contribution is 2.48. The number of halogens is 1. The van der Waals surface area contributed by atoms with Gasteiger partial charge in [0.25, 0.3) is 5.91 Å². The van der Waals surface area contributed by atoms with Gasteiger partial charge < -0.3 is 9.84 Å². The number of carbonyl (C=O) groups excluding carboxylic acids is 1. The number of nitrogens with one attached hydrogen (secondary N) is 1. The van der Waals surface area contributed by atoms with E-state index >= 15 is 0 Å². The maximum atomic E-state index is 14.4. The van der Waals surface area contributed by atoms with E-state index in [1.165, 1.54) is 6.20 Å². The van der Waals surface area contributed by atoms with Crippen LogP contribution in [0.25, 0.3) is 5.76 Å². The lowest BCUT2D eigenvalue weighted by Crippen LogP contribution is -2.20. The Balaban J connectivity index is 1.76. The van der Waals surface area contributed by atoms with E-state index in [1.807, 2.05) is 66.7 Å². The van der Waals surface area contributed by atoms with Crippen molar-refractivity contribution in [1.29, 1.82) is 0 Å². The quantitative estimate of drug-likeness (QED) is 0.237. The van der Waals surface area contributed by atoms with Gasteiger partial charge in [-0.3, -0.25) is 9.36 Å². The molecule has 1 amide bonds. The summed E-state index contributed by atoms with van der Waals surface area (Å²) >= 11 is 3.44. The highest BCUT2D eigenvalue weighted by Gasteiger charge is 2.31. The molecule has 0 unspecified atom stereocenters. The van der Waals surface area contributed by atoms with Gasteiger partial charge in [0.05, 0.1) is 10.6 Å². The standard InChI is InChI=1S/C27H21BrNO3P/c28-23-18-16-21(17-19-23)26(20-29-27(30)22-10-4-1-5-11-22)32-33(31,24-12-6-2-7-13-24)25-14-8-3-9-15-25/h1-20H,(H,29,30). The van der Waals surface area contributed by atoms with Crippen molar-refractivity contribution in [2.24, 2.45) is 0 Å². The molecule has 4 rings (SSSR count). The normalized spacial score (nSPS) is 11.6. The second-order valence-electron chi connectivity index (χ2n) is 7.17. The van der Waals surface area contributed by atoms with Gasteiger partial charge in [-0.2, -0.15) is 0 Å². The van der Waals surface area contributed by atoms with Crippen LogP contribution < -0.4 is 15.9 Å². The zero-order valence-electron chi connectivity index (χ0n) is 17.6. The minimum absolute atomic E-state index is 0.289. The molecule has 4 aromatic carbocycles. The Hall–Kier alpha value is -3.40. The van der Waals surface area contributed by atoms with Crippen molar-refractivity contribution in [3.8, 4) is 0 Å². The number of hydrogen-bond donors (Lipinski definition) is 1. The van der Waals surface area contributed by atoms with Crippen LogP contribution in [0.5, 0.6) is 0 Å². The lowest BCUT2D eigenvalue weighted by Gasteiger charge is -2.22. The first kappa shape index (κ1) is 22.8. The van der Waals surface area contributed by atoms with Gasteiger partial charge in [-0.15, -0.1) is 0 Å². The Morgan fingerprint density at radius 1 is 0.697 bits per heavy atom. The van der Waals surface area contributed by atoms with Crippen molar-refractivity contribution in [3.63, 3.8) is 0 Å². The maximum Gasteiger partial charge on any atom is 0.306 e. The molecule has 0 aliphatic rings. The number of carbonyl (C=O) groups is 1. The van der Waals surface area contributed by atoms with E-state index in [9.17, 15) is 9.36 Å². The molecular formula is C27H21BrNO3P. The fourth-order valence-corrected chi connectivity index (χ4v) is 5.56. The highest BCUT2D eigenvalue weighted by molar-refractivity contribution is 9.10. The molecule has 33 heavy (non-hydrogen) atoms. The number of benzene rings is 4. The van der Waals surface area contributed by atoms with Crippen molar-refractivity contribution in [2.45, 2.75) is 0 Å². The summed E-state index contributed by atoms with van der Waals surface area (Å²) in [5, 5.41) is 3.91. The van der Waals surface area contributed by atoms with Crippen molar-refractivity contribution in [3.05, 3.63) is 137 Å². The van der Waals surface area contributed by atoms with E-state index in [-0.39, 0.29) is 5.91 Å². The molecule has 1 N–H and O–H groups in total. The van der Waals surface area contributed by atoms with Gasteiger partial charge in [0, 0.05) is 21.8 Å². The number of hydrogen-bond acceptors (Lipinski definition) is 3. The minimum atomic E-state index is -3.52. The molecule has 0 aliphatic heterocycles. The predicted octanol–water partition coefficient (Wildman–Crippen LogP) is 6.12. The molecule has 0 bridgehead atoms. The maximum absolute atomic E-state index is 14.4. The number of rotatable bonds is 7. The second-order valence-corrected chi connectivity index (χ2v) is 10.4. The van der Waals surface area contributed by atoms with E-state index in [2.05, 4.69) is 21.2 Å². The van der Waals surface area contributed by atoms with E-state index in [0.717, 1.165) is 4.47 Å². The monoisotopic (exact) mass is 517 g/mol. The molecule has 0 heterocycles. The van der Waals surface area contributed by atoms with Crippen LogP contribution in [-0.2, 0) is 9.09 Å². The first-order valence-corrected chi connectivity index (χ1v) is 12.7. The molecule has 6 heteroatoms. The van der Waals surface area contributed by atoms with Gasteiger partial charge in [0.15, 0.2) is 5.76 Å². The molecule has 164 valence electrons. The average molecular weight is 518 g/mol. The second kappa shape index (κ2) is 10.5. The molecular weight excluding hydrogens is 497 g/mol. The van der Waals surface area contributed by atoms with Gasteiger partial charge in [-0.1, -0.05) is 82.7 Å². The van der Waals surface area contributed by atoms with Gasteiger partial charge in [0.1, 0.15) is 0 Å². The van der Waals surface area contributed by atoms with Crippen molar-refractivity contribution in [2.75, 3.05) is 0 Å². The topological polar surface area (TPSA) is 55.4 Å². The Labute approximate surface area is 201 Å². The van der Waals surface area contributed by atoms with Gasteiger partial charge >= 0.3 is 7.37 Å². The Bertz CT molecular complexity index is 1250. The minimum Gasteiger partial charge on any atom is -0.435 e. The predicted molar refractivity (Wildman–Crippen MR) is 137 cm³/mol. The third-order valence-electron chi connectivity index (χ3n) is 4.92. The van der Waals surface area contributed by atoms with Crippen LogP contribution in [0.2, 0.25) is 0 Å². The molecule has 0 radical (unpaired) electrons. The third kappa shape index (κ3) is 5.51. The zero-order chi connectivity index (χ0) is 23.1. The lowest BCUT2D eigenvalue weighted by atomic mass is 10.2. The summed E-state index contributed by atoms with van der Waals surface area (Å²) < 4.78 is 21.6. The highest BCUT2D eigenvalue weighted by atomic mass is 79.9. The van der Waals surface area contributed by atoms with Crippen LogP contribution in [0, 0.1) is 0 Å². The Morgan fingerprint density at radius 3 is 1.70 bits per heavy atom. The average Bonchev–Trinajstić information content (AvgIpc) is 2.88. The molecule has 0 fully saturated rings. The van der Waals surface area contributed by atoms with Crippen molar-refractivity contribution >= 4 is 45.6 Å². The molecule has 0 aromatic heterocycles. The van der Waals surface area contributed by atoms with Crippen LogP contribution in [0.15, 0.2) is 126 Å².